The highest BCUT2D eigenvalue weighted by atomic mass is 16.1. The van der Waals surface area contributed by atoms with Crippen LogP contribution >= 0.6 is 0 Å². The molecule has 0 bridgehead atoms. The molecule has 92 valence electrons. The second-order valence-electron chi connectivity index (χ2n) is 4.89. The second kappa shape index (κ2) is 4.75. The van der Waals surface area contributed by atoms with Gasteiger partial charge in [-0.1, -0.05) is 19.1 Å². The van der Waals surface area contributed by atoms with E-state index in [1.165, 1.54) is 0 Å². The number of primary amides is 1. The number of amides is 1. The first-order chi connectivity index (χ1) is 8.08. The molecule has 0 aliphatic carbocycles. The van der Waals surface area contributed by atoms with Crippen LogP contribution in [0.4, 0.5) is 5.69 Å². The van der Waals surface area contributed by atoms with Gasteiger partial charge in [0.05, 0.1) is 5.56 Å². The molecule has 1 aliphatic heterocycles. The Morgan fingerprint density at radius 1 is 1.35 bits per heavy atom. The van der Waals surface area contributed by atoms with Crippen molar-refractivity contribution in [1.29, 1.82) is 0 Å². The Morgan fingerprint density at radius 2 is 2.06 bits per heavy atom. The van der Waals surface area contributed by atoms with Crippen molar-refractivity contribution in [1.82, 2.24) is 0 Å². The van der Waals surface area contributed by atoms with Crippen LogP contribution in [0.3, 0.4) is 0 Å². The van der Waals surface area contributed by atoms with Gasteiger partial charge in [0.2, 0.25) is 0 Å². The first kappa shape index (κ1) is 11.9. The molecule has 4 N–H and O–H groups in total. The molecule has 1 aromatic rings. The first-order valence-electron chi connectivity index (χ1n) is 5.97. The lowest BCUT2D eigenvalue weighted by Crippen LogP contribution is -2.47. The third kappa shape index (κ3) is 2.58. The zero-order chi connectivity index (χ0) is 12.4. The van der Waals surface area contributed by atoms with E-state index in [1.807, 2.05) is 18.2 Å². The lowest BCUT2D eigenvalue weighted by Gasteiger charge is -2.37. The van der Waals surface area contributed by atoms with Gasteiger partial charge in [-0.2, -0.15) is 0 Å². The summed E-state index contributed by atoms with van der Waals surface area (Å²) in [6.07, 6.45) is 1.04. The Labute approximate surface area is 102 Å². The Hall–Kier alpha value is -1.55. The maximum Gasteiger partial charge on any atom is 0.250 e. The highest BCUT2D eigenvalue weighted by Gasteiger charge is 2.24. The largest absolute Gasteiger partial charge is 0.369 e. The van der Waals surface area contributed by atoms with Gasteiger partial charge in [0.1, 0.15) is 0 Å². The van der Waals surface area contributed by atoms with Crippen LogP contribution in [0.1, 0.15) is 23.7 Å². The van der Waals surface area contributed by atoms with E-state index in [0.717, 1.165) is 25.2 Å². The number of carbonyl (C=O) groups is 1. The minimum Gasteiger partial charge on any atom is -0.369 e. The van der Waals surface area contributed by atoms with Crippen molar-refractivity contribution < 1.29 is 4.79 Å². The number of carbonyl (C=O) groups excluding carboxylic acids is 1. The highest BCUT2D eigenvalue weighted by molar-refractivity contribution is 5.98. The summed E-state index contributed by atoms with van der Waals surface area (Å²) in [5, 5.41) is 0. The molecule has 0 saturated carbocycles. The predicted octanol–water partition coefficient (Wildman–Crippen LogP) is 0.959. The summed E-state index contributed by atoms with van der Waals surface area (Å²) < 4.78 is 0. The first-order valence-corrected chi connectivity index (χ1v) is 5.97. The summed E-state index contributed by atoms with van der Waals surface area (Å²) in [5.74, 6) is 0.159. The number of para-hydroxylation sites is 1. The molecule has 2 unspecified atom stereocenters. The van der Waals surface area contributed by atoms with Gasteiger partial charge in [0.25, 0.3) is 5.91 Å². The standard InChI is InChI=1S/C13H19N3O/c1-9-6-10(14)8-16(7-9)12-5-3-2-4-11(12)13(15)17/h2-5,9-10H,6-8,14H2,1H3,(H2,15,17). The average molecular weight is 233 g/mol. The van der Waals surface area contributed by atoms with Crippen LogP contribution in [0.25, 0.3) is 0 Å². The lowest BCUT2D eigenvalue weighted by atomic mass is 9.95. The van der Waals surface area contributed by atoms with Gasteiger partial charge >= 0.3 is 0 Å². The highest BCUT2D eigenvalue weighted by Crippen LogP contribution is 2.25. The monoisotopic (exact) mass is 233 g/mol. The third-order valence-corrected chi connectivity index (χ3v) is 3.20. The van der Waals surface area contributed by atoms with E-state index < -0.39 is 0 Å². The van der Waals surface area contributed by atoms with Crippen LogP contribution in [0.2, 0.25) is 0 Å². The van der Waals surface area contributed by atoms with E-state index in [0.29, 0.717) is 11.5 Å². The van der Waals surface area contributed by atoms with Crippen molar-refractivity contribution in [2.24, 2.45) is 17.4 Å². The van der Waals surface area contributed by atoms with Crippen LogP contribution in [-0.2, 0) is 0 Å². The Morgan fingerprint density at radius 3 is 2.71 bits per heavy atom. The van der Waals surface area contributed by atoms with Crippen molar-refractivity contribution in [3.8, 4) is 0 Å². The summed E-state index contributed by atoms with van der Waals surface area (Å²) >= 11 is 0. The fourth-order valence-electron chi connectivity index (χ4n) is 2.55. The number of benzene rings is 1. The van der Waals surface area contributed by atoms with Crippen molar-refractivity contribution in [3.05, 3.63) is 29.8 Å². The van der Waals surface area contributed by atoms with Crippen LogP contribution < -0.4 is 16.4 Å². The SMILES string of the molecule is CC1CC(N)CN(c2ccccc2C(N)=O)C1. The number of rotatable bonds is 2. The summed E-state index contributed by atoms with van der Waals surface area (Å²) in [4.78, 5) is 13.6. The van der Waals surface area contributed by atoms with Gasteiger partial charge < -0.3 is 16.4 Å². The molecule has 1 amide bonds. The Kier molecular flexibility index (Phi) is 3.33. The fraction of sp³-hybridized carbons (Fsp3) is 0.462. The van der Waals surface area contributed by atoms with Gasteiger partial charge in [-0.15, -0.1) is 0 Å². The average Bonchev–Trinajstić information content (AvgIpc) is 2.27. The van der Waals surface area contributed by atoms with Crippen molar-refractivity contribution in [3.63, 3.8) is 0 Å². The lowest BCUT2D eigenvalue weighted by molar-refractivity contribution is 0.100. The van der Waals surface area contributed by atoms with E-state index >= 15 is 0 Å². The van der Waals surface area contributed by atoms with Crippen LogP contribution in [0, 0.1) is 5.92 Å². The molecule has 17 heavy (non-hydrogen) atoms. The van der Waals surface area contributed by atoms with E-state index in [4.69, 9.17) is 11.5 Å². The molecule has 1 fully saturated rings. The van der Waals surface area contributed by atoms with Gasteiger partial charge in [-0.3, -0.25) is 4.79 Å². The quantitative estimate of drug-likeness (QED) is 0.799. The van der Waals surface area contributed by atoms with Crippen LogP contribution in [0.5, 0.6) is 0 Å². The number of anilines is 1. The molecule has 1 heterocycles. The molecular formula is C13H19N3O. The third-order valence-electron chi connectivity index (χ3n) is 3.20. The summed E-state index contributed by atoms with van der Waals surface area (Å²) in [6.45, 7) is 3.89. The summed E-state index contributed by atoms with van der Waals surface area (Å²) in [5.41, 5.74) is 12.9. The van der Waals surface area contributed by atoms with Crippen molar-refractivity contribution >= 4 is 11.6 Å². The Bertz CT molecular complexity index is 409. The zero-order valence-corrected chi connectivity index (χ0v) is 10.1. The summed E-state index contributed by atoms with van der Waals surface area (Å²) in [7, 11) is 0. The van der Waals surface area contributed by atoms with Gasteiger partial charge in [-0.25, -0.2) is 0 Å². The topological polar surface area (TPSA) is 72.3 Å². The van der Waals surface area contributed by atoms with Gasteiger partial charge in [-0.05, 0) is 24.5 Å². The normalized spacial score (nSPS) is 24.7. The van der Waals surface area contributed by atoms with Gasteiger partial charge in [0.15, 0.2) is 0 Å². The smallest absolute Gasteiger partial charge is 0.250 e. The molecule has 1 aromatic carbocycles. The van der Waals surface area contributed by atoms with Gasteiger partial charge in [0, 0.05) is 24.8 Å². The molecule has 0 spiro atoms. The number of hydrogen-bond donors (Lipinski definition) is 2. The molecule has 1 aliphatic rings. The maximum atomic E-state index is 11.4. The Balaban J connectivity index is 2.30. The van der Waals surface area contributed by atoms with Crippen molar-refractivity contribution in [2.45, 2.75) is 19.4 Å². The number of nitrogens with two attached hydrogens (primary N) is 2. The van der Waals surface area contributed by atoms with E-state index in [9.17, 15) is 4.79 Å². The van der Waals surface area contributed by atoms with E-state index in [-0.39, 0.29) is 11.9 Å². The molecule has 4 heteroatoms. The summed E-state index contributed by atoms with van der Waals surface area (Å²) in [6, 6.07) is 7.62. The molecular weight excluding hydrogens is 214 g/mol. The molecule has 0 aromatic heterocycles. The zero-order valence-electron chi connectivity index (χ0n) is 10.1. The molecule has 4 nitrogen and oxygen atoms in total. The maximum absolute atomic E-state index is 11.4. The number of piperidine rings is 1. The molecule has 2 rings (SSSR count). The van der Waals surface area contributed by atoms with Crippen LogP contribution in [-0.4, -0.2) is 25.0 Å². The molecule has 2 atom stereocenters. The fourth-order valence-corrected chi connectivity index (χ4v) is 2.55. The number of hydrogen-bond acceptors (Lipinski definition) is 3. The number of nitrogens with zero attached hydrogens (tertiary/aromatic N) is 1. The minimum atomic E-state index is -0.382. The van der Waals surface area contributed by atoms with Crippen LogP contribution in [0.15, 0.2) is 24.3 Å². The second-order valence-corrected chi connectivity index (χ2v) is 4.89. The predicted molar refractivity (Wildman–Crippen MR) is 68.9 cm³/mol. The minimum absolute atomic E-state index is 0.166. The molecule has 0 radical (unpaired) electrons. The molecule has 1 saturated heterocycles. The van der Waals surface area contributed by atoms with E-state index in [1.54, 1.807) is 6.07 Å². The van der Waals surface area contributed by atoms with E-state index in [2.05, 4.69) is 11.8 Å². The van der Waals surface area contributed by atoms with Crippen molar-refractivity contribution in [2.75, 3.05) is 18.0 Å².